The molecule has 10 heteroatoms. The number of ether oxygens (including phenoxy) is 4. The van der Waals surface area contributed by atoms with Crippen LogP contribution in [0.15, 0.2) is 0 Å². The number of aliphatic hydroxyl groups is 2. The Labute approximate surface area is 137 Å². The molecule has 0 aromatic carbocycles. The van der Waals surface area contributed by atoms with Crippen LogP contribution in [0, 0.1) is 0 Å². The zero-order valence-electron chi connectivity index (χ0n) is 13.6. The van der Waals surface area contributed by atoms with E-state index in [2.05, 4.69) is 0 Å². The van der Waals surface area contributed by atoms with E-state index in [0.717, 1.165) is 27.7 Å². The number of carbonyl (C=O) groups is 4. The molecule has 0 radical (unpaired) electrons. The molecule has 0 aliphatic heterocycles. The number of aliphatic hydroxyl groups excluding tert-OH is 2. The zero-order chi connectivity index (χ0) is 18.6. The van der Waals surface area contributed by atoms with Gasteiger partial charge in [-0.3, -0.25) is 19.2 Å². The average molecular weight is 348 g/mol. The smallest absolute Gasteiger partial charge is 0.303 e. The van der Waals surface area contributed by atoms with Crippen LogP contribution in [0.4, 0.5) is 0 Å². The van der Waals surface area contributed by atoms with E-state index in [0.29, 0.717) is 0 Å². The Kier molecular flexibility index (Phi) is 6.67. The van der Waals surface area contributed by atoms with Crippen LogP contribution in [0.2, 0.25) is 0 Å². The van der Waals surface area contributed by atoms with E-state index in [9.17, 15) is 29.4 Å². The topological polar surface area (TPSA) is 146 Å². The van der Waals surface area contributed by atoms with Gasteiger partial charge in [0.25, 0.3) is 0 Å². The first-order valence-electron chi connectivity index (χ1n) is 7.09. The minimum atomic E-state index is -1.74. The van der Waals surface area contributed by atoms with E-state index in [-0.39, 0.29) is 0 Å². The molecule has 1 saturated carbocycles. The molecular weight excluding hydrogens is 328 g/mol. The highest BCUT2D eigenvalue weighted by Gasteiger charge is 2.56. The molecule has 0 aromatic heterocycles. The van der Waals surface area contributed by atoms with Gasteiger partial charge in [0.15, 0.2) is 24.4 Å². The standard InChI is InChI=1S/C14H20O10/c1-5(15)21-11-9(19)10(20)12(22-6(2)16)14(24-8(4)18)13(11)23-7(3)17/h9-14,19-20H,1-4H3/t9-,10-,11-,12-,13-,14-/m1/s1. The van der Waals surface area contributed by atoms with Gasteiger partial charge in [-0.25, -0.2) is 0 Å². The van der Waals surface area contributed by atoms with Crippen LogP contribution in [-0.4, -0.2) is 70.7 Å². The van der Waals surface area contributed by atoms with E-state index in [1.807, 2.05) is 0 Å². The lowest BCUT2D eigenvalue weighted by molar-refractivity contribution is -0.251. The molecule has 1 aliphatic carbocycles. The first kappa shape index (κ1) is 19.8. The summed E-state index contributed by atoms with van der Waals surface area (Å²) in [6.45, 7) is 4.19. The maximum atomic E-state index is 11.3. The SMILES string of the molecule is CC(=O)O[C@H]1[C@H](OC(C)=O)[C@H](OC(C)=O)[C@H](O)[C@@H](O)[C@H]1OC(C)=O. The number of hydrogen-bond donors (Lipinski definition) is 2. The fourth-order valence-corrected chi connectivity index (χ4v) is 2.46. The number of esters is 4. The van der Waals surface area contributed by atoms with Crippen LogP contribution in [-0.2, 0) is 38.1 Å². The van der Waals surface area contributed by atoms with E-state index < -0.39 is 60.5 Å². The summed E-state index contributed by atoms with van der Waals surface area (Å²) >= 11 is 0. The molecule has 6 atom stereocenters. The highest BCUT2D eigenvalue weighted by atomic mass is 16.6. The first-order valence-corrected chi connectivity index (χ1v) is 7.09. The Balaban J connectivity index is 3.28. The molecule has 0 heterocycles. The summed E-state index contributed by atoms with van der Waals surface area (Å²) in [4.78, 5) is 45.1. The Bertz CT molecular complexity index is 470. The van der Waals surface area contributed by atoms with Crippen LogP contribution in [0.25, 0.3) is 0 Å². The summed E-state index contributed by atoms with van der Waals surface area (Å²) in [6, 6.07) is 0. The van der Waals surface area contributed by atoms with Crippen molar-refractivity contribution < 1.29 is 48.3 Å². The Morgan fingerprint density at radius 2 is 0.750 bits per heavy atom. The molecule has 0 aromatic rings. The highest BCUT2D eigenvalue weighted by Crippen LogP contribution is 2.30. The third-order valence-corrected chi connectivity index (χ3v) is 3.20. The monoisotopic (exact) mass is 348 g/mol. The number of rotatable bonds is 4. The molecule has 0 saturated heterocycles. The third-order valence-electron chi connectivity index (χ3n) is 3.20. The molecule has 1 fully saturated rings. The average Bonchev–Trinajstić information content (AvgIpc) is 2.42. The fourth-order valence-electron chi connectivity index (χ4n) is 2.46. The largest absolute Gasteiger partial charge is 0.456 e. The lowest BCUT2D eigenvalue weighted by Crippen LogP contribution is -2.67. The third kappa shape index (κ3) is 4.90. The molecular formula is C14H20O10. The minimum Gasteiger partial charge on any atom is -0.456 e. The normalized spacial score (nSPS) is 32.4. The van der Waals surface area contributed by atoms with Gasteiger partial charge in [0.05, 0.1) is 0 Å². The quantitative estimate of drug-likeness (QED) is 0.452. The summed E-state index contributed by atoms with van der Waals surface area (Å²) in [5.74, 6) is -3.29. The first-order chi connectivity index (χ1) is 11.0. The lowest BCUT2D eigenvalue weighted by Gasteiger charge is -2.44. The Hall–Kier alpha value is -2.20. The van der Waals surface area contributed by atoms with E-state index in [1.165, 1.54) is 0 Å². The van der Waals surface area contributed by atoms with Crippen molar-refractivity contribution in [2.75, 3.05) is 0 Å². The van der Waals surface area contributed by atoms with Crippen molar-refractivity contribution in [2.24, 2.45) is 0 Å². The van der Waals surface area contributed by atoms with Crippen molar-refractivity contribution in [2.45, 2.75) is 64.3 Å². The predicted molar refractivity (Wildman–Crippen MR) is 74.2 cm³/mol. The van der Waals surface area contributed by atoms with Crippen molar-refractivity contribution in [1.82, 2.24) is 0 Å². The van der Waals surface area contributed by atoms with Gasteiger partial charge in [0, 0.05) is 27.7 Å². The zero-order valence-corrected chi connectivity index (χ0v) is 13.6. The fraction of sp³-hybridized carbons (Fsp3) is 0.714. The van der Waals surface area contributed by atoms with Crippen LogP contribution < -0.4 is 0 Å². The molecule has 1 aliphatic rings. The Morgan fingerprint density at radius 3 is 0.958 bits per heavy atom. The maximum absolute atomic E-state index is 11.3. The maximum Gasteiger partial charge on any atom is 0.303 e. The molecule has 0 unspecified atom stereocenters. The summed E-state index contributed by atoms with van der Waals surface area (Å²) in [5.41, 5.74) is 0. The molecule has 24 heavy (non-hydrogen) atoms. The lowest BCUT2D eigenvalue weighted by atomic mass is 9.84. The molecule has 0 bridgehead atoms. The van der Waals surface area contributed by atoms with Crippen LogP contribution >= 0.6 is 0 Å². The second-order valence-electron chi connectivity index (χ2n) is 5.28. The number of carbonyl (C=O) groups excluding carboxylic acids is 4. The summed E-state index contributed by atoms with van der Waals surface area (Å²) in [5, 5.41) is 20.3. The van der Waals surface area contributed by atoms with Gasteiger partial charge in [0.1, 0.15) is 12.2 Å². The predicted octanol–water partition coefficient (Wildman–Crippen LogP) is -1.55. The molecule has 1 rings (SSSR count). The van der Waals surface area contributed by atoms with Gasteiger partial charge in [-0.15, -0.1) is 0 Å². The van der Waals surface area contributed by atoms with Crippen molar-refractivity contribution >= 4 is 23.9 Å². The van der Waals surface area contributed by atoms with E-state index in [1.54, 1.807) is 0 Å². The molecule has 10 nitrogen and oxygen atoms in total. The van der Waals surface area contributed by atoms with Crippen molar-refractivity contribution in [3.05, 3.63) is 0 Å². The molecule has 2 N–H and O–H groups in total. The van der Waals surface area contributed by atoms with Gasteiger partial charge in [0.2, 0.25) is 0 Å². The summed E-state index contributed by atoms with van der Waals surface area (Å²) in [7, 11) is 0. The van der Waals surface area contributed by atoms with E-state index >= 15 is 0 Å². The van der Waals surface area contributed by atoms with Crippen molar-refractivity contribution in [3.63, 3.8) is 0 Å². The summed E-state index contributed by atoms with van der Waals surface area (Å²) < 4.78 is 19.8. The van der Waals surface area contributed by atoms with Gasteiger partial charge < -0.3 is 29.2 Å². The number of hydrogen-bond acceptors (Lipinski definition) is 10. The van der Waals surface area contributed by atoms with Gasteiger partial charge >= 0.3 is 23.9 Å². The molecule has 0 amide bonds. The van der Waals surface area contributed by atoms with Gasteiger partial charge in [-0.1, -0.05) is 0 Å². The van der Waals surface area contributed by atoms with Crippen molar-refractivity contribution in [1.29, 1.82) is 0 Å². The second-order valence-corrected chi connectivity index (χ2v) is 5.28. The molecule has 136 valence electrons. The van der Waals surface area contributed by atoms with Crippen LogP contribution in [0.1, 0.15) is 27.7 Å². The van der Waals surface area contributed by atoms with Crippen molar-refractivity contribution in [3.8, 4) is 0 Å². The van der Waals surface area contributed by atoms with Crippen LogP contribution in [0.5, 0.6) is 0 Å². The molecule has 0 spiro atoms. The second kappa shape index (κ2) is 8.06. The Morgan fingerprint density at radius 1 is 0.542 bits per heavy atom. The van der Waals surface area contributed by atoms with Gasteiger partial charge in [-0.2, -0.15) is 0 Å². The highest BCUT2D eigenvalue weighted by molar-refractivity contribution is 5.69. The summed E-state index contributed by atoms with van der Waals surface area (Å²) in [6.07, 6.45) is -9.46. The van der Waals surface area contributed by atoms with Gasteiger partial charge in [-0.05, 0) is 0 Å². The van der Waals surface area contributed by atoms with E-state index in [4.69, 9.17) is 18.9 Å². The van der Waals surface area contributed by atoms with Crippen LogP contribution in [0.3, 0.4) is 0 Å². The minimum absolute atomic E-state index is 0.820.